The van der Waals surface area contributed by atoms with E-state index in [1.54, 1.807) is 7.05 Å². The number of hydrogen-bond donors (Lipinski definition) is 3. The lowest BCUT2D eigenvalue weighted by molar-refractivity contribution is 0.739. The number of anilines is 3. The summed E-state index contributed by atoms with van der Waals surface area (Å²) in [4.78, 5) is 12.9. The minimum Gasteiger partial charge on any atom is -0.357 e. The van der Waals surface area contributed by atoms with Gasteiger partial charge in [-0.05, 0) is 26.7 Å². The summed E-state index contributed by atoms with van der Waals surface area (Å²) in [5.74, 6) is 1.78. The van der Waals surface area contributed by atoms with Crippen LogP contribution in [0.25, 0.3) is 0 Å². The Hall–Kier alpha value is -1.59. The molecule has 0 spiro atoms. The van der Waals surface area contributed by atoms with E-state index in [-0.39, 0.29) is 0 Å². The fourth-order valence-corrected chi connectivity index (χ4v) is 1.26. The molecule has 0 radical (unpaired) electrons. The summed E-state index contributed by atoms with van der Waals surface area (Å²) in [6, 6.07) is 0.683. The molecule has 0 saturated heterocycles. The molecule has 6 heteroatoms. The van der Waals surface area contributed by atoms with Crippen LogP contribution in [-0.2, 0) is 0 Å². The van der Waals surface area contributed by atoms with Crippen LogP contribution in [0.15, 0.2) is 0 Å². The molecule has 102 valence electrons. The number of rotatable bonds is 7. The molecule has 0 saturated carbocycles. The fourth-order valence-electron chi connectivity index (χ4n) is 1.26. The third kappa shape index (κ3) is 4.35. The molecule has 2 atom stereocenters. The molecule has 3 N–H and O–H groups in total. The first-order valence-corrected chi connectivity index (χ1v) is 6.55. The summed E-state index contributed by atoms with van der Waals surface area (Å²) < 4.78 is 0. The average Bonchev–Trinajstić information content (AvgIpc) is 2.37. The lowest BCUT2D eigenvalue weighted by Gasteiger charge is -2.15. The fraction of sp³-hybridized carbons (Fsp3) is 0.750. The highest BCUT2D eigenvalue weighted by molar-refractivity contribution is 5.42. The largest absolute Gasteiger partial charge is 0.357 e. The highest BCUT2D eigenvalue weighted by Gasteiger charge is 2.09. The average molecular weight is 252 g/mol. The standard InChI is InChI=1S/C12H24N6/c1-6-8(3)14-11-16-10(13-5)17-12(18-11)15-9(4)7-2/h8-9H,6-7H2,1-5H3,(H3,13,14,15,16,17,18). The van der Waals surface area contributed by atoms with E-state index < -0.39 is 0 Å². The number of nitrogens with one attached hydrogen (secondary N) is 3. The van der Waals surface area contributed by atoms with Crippen molar-refractivity contribution in [3.05, 3.63) is 0 Å². The first-order valence-electron chi connectivity index (χ1n) is 6.55. The van der Waals surface area contributed by atoms with E-state index in [9.17, 15) is 0 Å². The molecule has 18 heavy (non-hydrogen) atoms. The number of nitrogens with zero attached hydrogens (tertiary/aromatic N) is 3. The molecule has 1 rings (SSSR count). The molecule has 0 bridgehead atoms. The molecule has 0 aliphatic rings. The molecule has 6 nitrogen and oxygen atoms in total. The van der Waals surface area contributed by atoms with Gasteiger partial charge in [0.2, 0.25) is 17.8 Å². The minimum atomic E-state index is 0.341. The molecular weight excluding hydrogens is 228 g/mol. The highest BCUT2D eigenvalue weighted by Crippen LogP contribution is 2.12. The van der Waals surface area contributed by atoms with Crippen LogP contribution in [0, 0.1) is 0 Å². The Bertz CT molecular complexity index is 337. The second-order valence-corrected chi connectivity index (χ2v) is 4.46. The van der Waals surface area contributed by atoms with Crippen molar-refractivity contribution in [2.24, 2.45) is 0 Å². The molecule has 2 unspecified atom stereocenters. The Morgan fingerprint density at radius 1 is 0.833 bits per heavy atom. The minimum absolute atomic E-state index is 0.341. The van der Waals surface area contributed by atoms with Crippen molar-refractivity contribution in [3.8, 4) is 0 Å². The van der Waals surface area contributed by atoms with Gasteiger partial charge in [0.1, 0.15) is 0 Å². The molecule has 0 aliphatic carbocycles. The zero-order valence-corrected chi connectivity index (χ0v) is 11.9. The van der Waals surface area contributed by atoms with Crippen molar-refractivity contribution >= 4 is 17.8 Å². The van der Waals surface area contributed by atoms with E-state index in [0.717, 1.165) is 12.8 Å². The van der Waals surface area contributed by atoms with Crippen LogP contribution in [0.1, 0.15) is 40.5 Å². The Morgan fingerprint density at radius 3 is 1.56 bits per heavy atom. The zero-order valence-electron chi connectivity index (χ0n) is 11.9. The predicted octanol–water partition coefficient (Wildman–Crippen LogP) is 2.33. The smallest absolute Gasteiger partial charge is 0.229 e. The second kappa shape index (κ2) is 6.98. The maximum atomic E-state index is 4.37. The SMILES string of the molecule is CCC(C)Nc1nc(NC)nc(NC(C)CC)n1. The van der Waals surface area contributed by atoms with Crippen molar-refractivity contribution in [3.63, 3.8) is 0 Å². The summed E-state index contributed by atoms with van der Waals surface area (Å²) >= 11 is 0. The van der Waals surface area contributed by atoms with Crippen LogP contribution in [0.4, 0.5) is 17.8 Å². The van der Waals surface area contributed by atoms with Crippen molar-refractivity contribution in [2.75, 3.05) is 23.0 Å². The van der Waals surface area contributed by atoms with Gasteiger partial charge in [0.25, 0.3) is 0 Å². The van der Waals surface area contributed by atoms with E-state index in [1.807, 2.05) is 0 Å². The summed E-state index contributed by atoms with van der Waals surface area (Å²) in [6.07, 6.45) is 2.05. The van der Waals surface area contributed by atoms with Gasteiger partial charge in [0, 0.05) is 19.1 Å². The Kier molecular flexibility index (Phi) is 5.61. The molecule has 0 aliphatic heterocycles. The van der Waals surface area contributed by atoms with Gasteiger partial charge in [-0.25, -0.2) is 0 Å². The molecular formula is C12H24N6. The molecule has 1 aromatic heterocycles. The quantitative estimate of drug-likeness (QED) is 0.691. The molecule has 0 aromatic carbocycles. The molecule has 0 fully saturated rings. The van der Waals surface area contributed by atoms with Crippen LogP contribution in [-0.4, -0.2) is 34.1 Å². The summed E-state index contributed by atoms with van der Waals surface area (Å²) in [7, 11) is 1.80. The van der Waals surface area contributed by atoms with Gasteiger partial charge in [-0.1, -0.05) is 13.8 Å². The monoisotopic (exact) mass is 252 g/mol. The summed E-state index contributed by atoms with van der Waals surface area (Å²) in [6.45, 7) is 8.45. The summed E-state index contributed by atoms with van der Waals surface area (Å²) in [5, 5.41) is 9.46. The first-order chi connectivity index (χ1) is 8.58. The van der Waals surface area contributed by atoms with E-state index in [2.05, 4.69) is 58.6 Å². The van der Waals surface area contributed by atoms with E-state index >= 15 is 0 Å². The molecule has 1 aromatic rings. The lowest BCUT2D eigenvalue weighted by atomic mass is 10.3. The maximum Gasteiger partial charge on any atom is 0.229 e. The normalized spacial score (nSPS) is 13.8. The van der Waals surface area contributed by atoms with Gasteiger partial charge in [0.15, 0.2) is 0 Å². The Labute approximate surface area is 109 Å². The van der Waals surface area contributed by atoms with Crippen LogP contribution < -0.4 is 16.0 Å². The van der Waals surface area contributed by atoms with Crippen molar-refractivity contribution in [2.45, 2.75) is 52.6 Å². The van der Waals surface area contributed by atoms with Gasteiger partial charge in [0.05, 0.1) is 0 Å². The lowest BCUT2D eigenvalue weighted by Crippen LogP contribution is -2.20. The van der Waals surface area contributed by atoms with Gasteiger partial charge in [-0.3, -0.25) is 0 Å². The number of aromatic nitrogens is 3. The molecule has 1 heterocycles. The molecule has 0 amide bonds. The van der Waals surface area contributed by atoms with Crippen LogP contribution >= 0.6 is 0 Å². The second-order valence-electron chi connectivity index (χ2n) is 4.46. The first kappa shape index (κ1) is 14.5. The van der Waals surface area contributed by atoms with Gasteiger partial charge < -0.3 is 16.0 Å². The maximum absolute atomic E-state index is 4.37. The predicted molar refractivity (Wildman–Crippen MR) is 76.1 cm³/mol. The summed E-state index contributed by atoms with van der Waals surface area (Å²) in [5.41, 5.74) is 0. The van der Waals surface area contributed by atoms with Crippen molar-refractivity contribution in [1.29, 1.82) is 0 Å². The van der Waals surface area contributed by atoms with Crippen LogP contribution in [0.3, 0.4) is 0 Å². The van der Waals surface area contributed by atoms with Crippen LogP contribution in [0.2, 0.25) is 0 Å². The van der Waals surface area contributed by atoms with E-state index in [4.69, 9.17) is 0 Å². The third-order valence-corrected chi connectivity index (χ3v) is 2.83. The van der Waals surface area contributed by atoms with Gasteiger partial charge >= 0.3 is 0 Å². The van der Waals surface area contributed by atoms with Gasteiger partial charge in [-0.2, -0.15) is 15.0 Å². The van der Waals surface area contributed by atoms with Crippen molar-refractivity contribution < 1.29 is 0 Å². The van der Waals surface area contributed by atoms with E-state index in [0.29, 0.717) is 29.9 Å². The van der Waals surface area contributed by atoms with Crippen molar-refractivity contribution in [1.82, 2.24) is 15.0 Å². The Morgan fingerprint density at radius 2 is 1.22 bits per heavy atom. The highest BCUT2D eigenvalue weighted by atomic mass is 15.3. The van der Waals surface area contributed by atoms with Crippen LogP contribution in [0.5, 0.6) is 0 Å². The Balaban J connectivity index is 2.87. The van der Waals surface area contributed by atoms with E-state index in [1.165, 1.54) is 0 Å². The number of hydrogen-bond acceptors (Lipinski definition) is 6. The van der Waals surface area contributed by atoms with Gasteiger partial charge in [-0.15, -0.1) is 0 Å². The third-order valence-electron chi connectivity index (χ3n) is 2.83. The zero-order chi connectivity index (χ0) is 13.5. The topological polar surface area (TPSA) is 74.8 Å².